The topological polar surface area (TPSA) is 80.2 Å². The second kappa shape index (κ2) is 2.17. The minimum Gasteiger partial charge on any atom is -0.275 e. The van der Waals surface area contributed by atoms with Crippen molar-refractivity contribution in [1.29, 1.82) is 0 Å². The lowest BCUT2D eigenvalue weighted by molar-refractivity contribution is 1.03. The predicted molar refractivity (Wildman–Crippen MR) is 53.5 cm³/mol. The Bertz CT molecular complexity index is 773. The lowest BCUT2D eigenvalue weighted by Crippen LogP contribution is -1.75. The van der Waals surface area contributed by atoms with Gasteiger partial charge in [-0.1, -0.05) is 12.1 Å². The molecule has 3 aromatic heterocycles. The van der Waals surface area contributed by atoms with Crippen LogP contribution in [-0.4, -0.2) is 30.6 Å². The van der Waals surface area contributed by atoms with Crippen molar-refractivity contribution in [3.05, 3.63) is 18.2 Å². The van der Waals surface area contributed by atoms with E-state index in [0.29, 0.717) is 11.3 Å². The number of nitrogens with one attached hydrogen (secondary N) is 1. The minimum absolute atomic E-state index is 0.532. The molecule has 15 heavy (non-hydrogen) atoms. The Balaban J connectivity index is 2.52. The summed E-state index contributed by atoms with van der Waals surface area (Å²) in [6.45, 7) is 0. The maximum absolute atomic E-state index is 4.11. The standard InChI is InChI=1S/C9H4N6/c1-2-4-5(3-1)10-12-8-6-7(4)11-13-9(6)15-14-8/h1-3H,(H,11,13). The largest absolute Gasteiger partial charge is 0.275 e. The highest BCUT2D eigenvalue weighted by Crippen LogP contribution is 2.25. The van der Waals surface area contributed by atoms with E-state index in [-0.39, 0.29) is 0 Å². The van der Waals surface area contributed by atoms with E-state index in [0.717, 1.165) is 21.8 Å². The summed E-state index contributed by atoms with van der Waals surface area (Å²) in [6.07, 6.45) is 0. The number of fused-ring (bicyclic) bond motifs is 2. The molecule has 70 valence electrons. The van der Waals surface area contributed by atoms with Crippen LogP contribution in [-0.2, 0) is 0 Å². The van der Waals surface area contributed by atoms with Crippen molar-refractivity contribution in [3.8, 4) is 0 Å². The third kappa shape index (κ3) is 0.723. The summed E-state index contributed by atoms with van der Waals surface area (Å²) in [4.78, 5) is 0. The molecule has 6 heteroatoms. The van der Waals surface area contributed by atoms with Crippen molar-refractivity contribution >= 4 is 33.1 Å². The van der Waals surface area contributed by atoms with Gasteiger partial charge in [-0.2, -0.15) is 5.10 Å². The maximum Gasteiger partial charge on any atom is 0.209 e. The molecule has 4 rings (SSSR count). The fraction of sp³-hybridized carbons (Fsp3) is 0. The molecule has 1 aromatic carbocycles. The average molecular weight is 196 g/mol. The highest BCUT2D eigenvalue weighted by atomic mass is 15.3. The molecule has 6 nitrogen and oxygen atoms in total. The van der Waals surface area contributed by atoms with E-state index in [1.54, 1.807) is 0 Å². The van der Waals surface area contributed by atoms with Gasteiger partial charge in [-0.3, -0.25) is 5.10 Å². The third-order valence-electron chi connectivity index (χ3n) is 2.52. The molecule has 0 amide bonds. The van der Waals surface area contributed by atoms with Crippen LogP contribution in [0.3, 0.4) is 0 Å². The predicted octanol–water partition coefficient (Wildman–Crippen LogP) is 0.887. The zero-order chi connectivity index (χ0) is 9.83. The van der Waals surface area contributed by atoms with Gasteiger partial charge in [0.25, 0.3) is 0 Å². The zero-order valence-corrected chi connectivity index (χ0v) is 7.47. The molecule has 0 bridgehead atoms. The second-order valence-electron chi connectivity index (χ2n) is 3.35. The van der Waals surface area contributed by atoms with E-state index in [1.807, 2.05) is 18.2 Å². The normalized spacial score (nSPS) is 12.0. The summed E-state index contributed by atoms with van der Waals surface area (Å²) >= 11 is 0. The molecule has 1 N–H and O–H groups in total. The minimum atomic E-state index is 0.532. The molecule has 0 aliphatic carbocycles. The molecule has 3 heterocycles. The fourth-order valence-corrected chi connectivity index (χ4v) is 1.84. The Morgan fingerprint density at radius 3 is 2.80 bits per heavy atom. The van der Waals surface area contributed by atoms with Gasteiger partial charge in [0.15, 0.2) is 0 Å². The molecule has 0 radical (unpaired) electrons. The average Bonchev–Trinajstić information content (AvgIpc) is 2.88. The first-order valence-corrected chi connectivity index (χ1v) is 4.49. The molecular formula is C9H4N6. The molecule has 0 aliphatic heterocycles. The van der Waals surface area contributed by atoms with Crippen LogP contribution in [0.5, 0.6) is 0 Å². The van der Waals surface area contributed by atoms with E-state index >= 15 is 0 Å². The lowest BCUT2D eigenvalue weighted by Gasteiger charge is -1.80. The van der Waals surface area contributed by atoms with Crippen LogP contribution in [0.15, 0.2) is 18.2 Å². The number of hydrogen-bond acceptors (Lipinski definition) is 5. The molecule has 0 saturated heterocycles. The van der Waals surface area contributed by atoms with Gasteiger partial charge in [0.1, 0.15) is 0 Å². The number of hydrogen-bond donors (Lipinski definition) is 1. The summed E-state index contributed by atoms with van der Waals surface area (Å²) < 4.78 is 0. The summed E-state index contributed by atoms with van der Waals surface area (Å²) in [5.74, 6) is 0. The Labute approximate surface area is 82.7 Å². The Morgan fingerprint density at radius 2 is 1.80 bits per heavy atom. The Kier molecular flexibility index (Phi) is 1.01. The summed E-state index contributed by atoms with van der Waals surface area (Å²) in [7, 11) is 0. The Hall–Kier alpha value is -2.37. The quantitative estimate of drug-likeness (QED) is 0.451. The van der Waals surface area contributed by atoms with Gasteiger partial charge in [-0.25, -0.2) is 0 Å². The molecule has 0 unspecified atom stereocenters. The number of rotatable bonds is 0. The molecule has 0 spiro atoms. The molecule has 0 atom stereocenters. The van der Waals surface area contributed by atoms with Crippen LogP contribution < -0.4 is 0 Å². The van der Waals surface area contributed by atoms with Gasteiger partial charge < -0.3 is 0 Å². The van der Waals surface area contributed by atoms with Gasteiger partial charge in [-0.05, 0) is 6.07 Å². The van der Waals surface area contributed by atoms with Crippen molar-refractivity contribution < 1.29 is 0 Å². The molecule has 4 aromatic rings. The lowest BCUT2D eigenvalue weighted by atomic mass is 10.3. The van der Waals surface area contributed by atoms with Crippen molar-refractivity contribution in [2.45, 2.75) is 0 Å². The van der Waals surface area contributed by atoms with Crippen molar-refractivity contribution in [2.75, 3.05) is 0 Å². The summed E-state index contributed by atoms with van der Waals surface area (Å²) in [5, 5.41) is 24.8. The number of aromatic nitrogens is 6. The van der Waals surface area contributed by atoms with E-state index in [1.165, 1.54) is 0 Å². The fourth-order valence-electron chi connectivity index (χ4n) is 1.84. The Morgan fingerprint density at radius 1 is 0.933 bits per heavy atom. The van der Waals surface area contributed by atoms with E-state index in [2.05, 4.69) is 30.6 Å². The first kappa shape index (κ1) is 6.99. The van der Waals surface area contributed by atoms with Crippen LogP contribution in [0, 0.1) is 0 Å². The van der Waals surface area contributed by atoms with E-state index in [4.69, 9.17) is 0 Å². The SMILES string of the molecule is c1cc2nnc3nnc4n[nH]c(c2c1)c34. The first-order valence-electron chi connectivity index (χ1n) is 4.49. The van der Waals surface area contributed by atoms with Crippen LogP contribution >= 0.6 is 0 Å². The molecular weight excluding hydrogens is 192 g/mol. The number of H-pyrrole nitrogens is 1. The highest BCUT2D eigenvalue weighted by molar-refractivity contribution is 6.12. The second-order valence-corrected chi connectivity index (χ2v) is 3.35. The van der Waals surface area contributed by atoms with E-state index < -0.39 is 0 Å². The molecule has 0 aliphatic rings. The maximum atomic E-state index is 4.11. The van der Waals surface area contributed by atoms with Crippen LogP contribution in [0.4, 0.5) is 0 Å². The van der Waals surface area contributed by atoms with Gasteiger partial charge in [0, 0.05) is 5.39 Å². The highest BCUT2D eigenvalue weighted by Gasteiger charge is 2.13. The van der Waals surface area contributed by atoms with Crippen LogP contribution in [0.25, 0.3) is 33.1 Å². The third-order valence-corrected chi connectivity index (χ3v) is 2.52. The van der Waals surface area contributed by atoms with Gasteiger partial charge in [0.05, 0.1) is 16.4 Å². The van der Waals surface area contributed by atoms with Gasteiger partial charge in [0.2, 0.25) is 11.3 Å². The summed E-state index contributed by atoms with van der Waals surface area (Å²) in [6, 6.07) is 5.82. The van der Waals surface area contributed by atoms with Crippen molar-refractivity contribution in [2.24, 2.45) is 0 Å². The van der Waals surface area contributed by atoms with Crippen molar-refractivity contribution in [3.63, 3.8) is 0 Å². The molecule has 0 fully saturated rings. The monoisotopic (exact) mass is 196 g/mol. The van der Waals surface area contributed by atoms with Gasteiger partial charge in [-0.15, -0.1) is 20.4 Å². The number of nitrogens with zero attached hydrogens (tertiary/aromatic N) is 5. The zero-order valence-electron chi connectivity index (χ0n) is 7.47. The first-order chi connectivity index (χ1) is 7.43. The van der Waals surface area contributed by atoms with Crippen molar-refractivity contribution in [1.82, 2.24) is 30.6 Å². The smallest absolute Gasteiger partial charge is 0.209 e. The summed E-state index contributed by atoms with van der Waals surface area (Å²) in [5.41, 5.74) is 2.85. The number of aromatic amines is 1. The molecule has 0 saturated carbocycles. The van der Waals surface area contributed by atoms with Crippen LogP contribution in [0.1, 0.15) is 0 Å². The van der Waals surface area contributed by atoms with Gasteiger partial charge >= 0.3 is 0 Å². The van der Waals surface area contributed by atoms with Crippen LogP contribution in [0.2, 0.25) is 0 Å². The van der Waals surface area contributed by atoms with E-state index in [9.17, 15) is 0 Å².